The second kappa shape index (κ2) is 5.51. The number of carbonyl (C=O) groups excluding carboxylic acids is 3. The maximum absolute atomic E-state index is 12.0. The Labute approximate surface area is 121 Å². The first kappa shape index (κ1) is 14.9. The second-order valence-electron chi connectivity index (χ2n) is 5.44. The third-order valence-electron chi connectivity index (χ3n) is 3.27. The van der Waals surface area contributed by atoms with Gasteiger partial charge in [0.15, 0.2) is 0 Å². The molecule has 0 aliphatic carbocycles. The first-order chi connectivity index (χ1) is 9.81. The van der Waals surface area contributed by atoms with Gasteiger partial charge in [0.1, 0.15) is 17.7 Å². The highest BCUT2D eigenvalue weighted by atomic mass is 16.2. The standard InChI is InChI=1S/C12H18N6O3/c1-12(2)10(20)18(11(21)15-12)5-4-9(19)17(3)6-8-13-7-14-16-8/h7H,4-6H2,1-3H3,(H,15,21)(H,13,14,16). The topological polar surface area (TPSA) is 111 Å². The summed E-state index contributed by atoms with van der Waals surface area (Å²) in [5.74, 6) is 0.0665. The molecule has 2 N–H and O–H groups in total. The van der Waals surface area contributed by atoms with Crippen molar-refractivity contribution >= 4 is 17.8 Å². The van der Waals surface area contributed by atoms with Crippen LogP contribution in [0.25, 0.3) is 0 Å². The number of carbonyl (C=O) groups is 3. The van der Waals surface area contributed by atoms with Crippen LogP contribution in [0.5, 0.6) is 0 Å². The molecule has 0 spiro atoms. The number of aromatic nitrogens is 3. The summed E-state index contributed by atoms with van der Waals surface area (Å²) in [6.07, 6.45) is 1.43. The van der Waals surface area contributed by atoms with Crippen LogP contribution in [-0.2, 0) is 16.1 Å². The molecule has 0 bridgehead atoms. The molecular formula is C12H18N6O3. The van der Waals surface area contributed by atoms with Crippen LogP contribution in [0.15, 0.2) is 6.33 Å². The minimum absolute atomic E-state index is 0.0632. The molecule has 1 fully saturated rings. The molecule has 0 aromatic carbocycles. The minimum Gasteiger partial charge on any atom is -0.338 e. The van der Waals surface area contributed by atoms with Gasteiger partial charge in [-0.15, -0.1) is 0 Å². The molecule has 114 valence electrons. The lowest BCUT2D eigenvalue weighted by Gasteiger charge is -2.18. The van der Waals surface area contributed by atoms with Crippen molar-refractivity contribution in [1.29, 1.82) is 0 Å². The monoisotopic (exact) mass is 294 g/mol. The molecule has 4 amide bonds. The Balaban J connectivity index is 1.86. The van der Waals surface area contributed by atoms with Crippen molar-refractivity contribution in [1.82, 2.24) is 30.3 Å². The van der Waals surface area contributed by atoms with E-state index in [9.17, 15) is 14.4 Å². The summed E-state index contributed by atoms with van der Waals surface area (Å²) in [7, 11) is 1.63. The molecule has 0 atom stereocenters. The van der Waals surface area contributed by atoms with Crippen LogP contribution >= 0.6 is 0 Å². The van der Waals surface area contributed by atoms with Crippen LogP contribution < -0.4 is 5.32 Å². The normalized spacial score (nSPS) is 17.0. The Morgan fingerprint density at radius 2 is 2.14 bits per heavy atom. The van der Waals surface area contributed by atoms with Gasteiger partial charge >= 0.3 is 6.03 Å². The average Bonchev–Trinajstić information content (AvgIpc) is 2.96. The number of urea groups is 1. The quantitative estimate of drug-likeness (QED) is 0.710. The molecule has 2 rings (SSSR count). The van der Waals surface area contributed by atoms with E-state index >= 15 is 0 Å². The van der Waals surface area contributed by atoms with Crippen LogP contribution in [-0.4, -0.2) is 62.0 Å². The van der Waals surface area contributed by atoms with Crippen molar-refractivity contribution in [2.24, 2.45) is 0 Å². The molecule has 9 nitrogen and oxygen atoms in total. The lowest BCUT2D eigenvalue weighted by atomic mass is 10.1. The Bertz CT molecular complexity index is 553. The van der Waals surface area contributed by atoms with E-state index in [4.69, 9.17) is 0 Å². The molecule has 0 unspecified atom stereocenters. The first-order valence-electron chi connectivity index (χ1n) is 6.53. The number of hydrogen-bond donors (Lipinski definition) is 2. The van der Waals surface area contributed by atoms with E-state index in [0.717, 1.165) is 4.90 Å². The van der Waals surface area contributed by atoms with Crippen molar-refractivity contribution in [3.05, 3.63) is 12.2 Å². The Morgan fingerprint density at radius 3 is 2.67 bits per heavy atom. The molecule has 1 aromatic rings. The van der Waals surface area contributed by atoms with Crippen molar-refractivity contribution in [2.45, 2.75) is 32.4 Å². The third-order valence-corrected chi connectivity index (χ3v) is 3.27. The van der Waals surface area contributed by atoms with Gasteiger partial charge in [-0.25, -0.2) is 9.78 Å². The summed E-state index contributed by atoms with van der Waals surface area (Å²) in [4.78, 5) is 42.1. The highest BCUT2D eigenvalue weighted by Crippen LogP contribution is 2.16. The van der Waals surface area contributed by atoms with Crippen LogP contribution in [0.3, 0.4) is 0 Å². The maximum atomic E-state index is 12.0. The SMILES string of the molecule is CN(Cc1ncn[nH]1)C(=O)CCN1C(=O)NC(C)(C)C1=O. The van der Waals surface area contributed by atoms with E-state index in [1.54, 1.807) is 20.9 Å². The van der Waals surface area contributed by atoms with E-state index in [1.807, 2.05) is 0 Å². The van der Waals surface area contributed by atoms with Gasteiger partial charge in [-0.05, 0) is 13.8 Å². The molecule has 2 heterocycles. The van der Waals surface area contributed by atoms with E-state index in [0.29, 0.717) is 12.4 Å². The van der Waals surface area contributed by atoms with Crippen LogP contribution in [0.2, 0.25) is 0 Å². The number of H-pyrrole nitrogens is 1. The van der Waals surface area contributed by atoms with Gasteiger partial charge in [0.2, 0.25) is 5.91 Å². The molecule has 1 aliphatic heterocycles. The predicted octanol–water partition coefficient (Wildman–Crippen LogP) is -0.516. The zero-order valence-electron chi connectivity index (χ0n) is 12.2. The van der Waals surface area contributed by atoms with Gasteiger partial charge in [0.05, 0.1) is 6.54 Å². The number of aromatic amines is 1. The van der Waals surface area contributed by atoms with Gasteiger partial charge in [0.25, 0.3) is 5.91 Å². The summed E-state index contributed by atoms with van der Waals surface area (Å²) < 4.78 is 0. The lowest BCUT2D eigenvalue weighted by Crippen LogP contribution is -2.40. The number of nitrogens with one attached hydrogen (secondary N) is 2. The van der Waals surface area contributed by atoms with Crippen molar-refractivity contribution in [3.8, 4) is 0 Å². The molecule has 1 saturated heterocycles. The number of nitrogens with zero attached hydrogens (tertiary/aromatic N) is 4. The summed E-state index contributed by atoms with van der Waals surface area (Å²) >= 11 is 0. The van der Waals surface area contributed by atoms with Crippen LogP contribution in [0, 0.1) is 0 Å². The summed E-state index contributed by atoms with van der Waals surface area (Å²) in [5.41, 5.74) is -0.911. The predicted molar refractivity (Wildman–Crippen MR) is 71.8 cm³/mol. The maximum Gasteiger partial charge on any atom is 0.325 e. The zero-order chi connectivity index (χ0) is 15.6. The number of hydrogen-bond acceptors (Lipinski definition) is 5. The number of imide groups is 1. The number of rotatable bonds is 5. The smallest absolute Gasteiger partial charge is 0.325 e. The van der Waals surface area contributed by atoms with Gasteiger partial charge in [-0.2, -0.15) is 5.10 Å². The zero-order valence-corrected chi connectivity index (χ0v) is 12.2. The van der Waals surface area contributed by atoms with Crippen molar-refractivity contribution in [3.63, 3.8) is 0 Å². The fraction of sp³-hybridized carbons (Fsp3) is 0.583. The van der Waals surface area contributed by atoms with Gasteiger partial charge in [0, 0.05) is 20.0 Å². The lowest BCUT2D eigenvalue weighted by molar-refractivity contribution is -0.132. The molecule has 9 heteroatoms. The molecule has 0 radical (unpaired) electrons. The molecule has 1 aliphatic rings. The highest BCUT2D eigenvalue weighted by Gasteiger charge is 2.44. The number of amides is 4. The Hall–Kier alpha value is -2.45. The molecule has 0 saturated carbocycles. The minimum atomic E-state index is -0.911. The Morgan fingerprint density at radius 1 is 1.43 bits per heavy atom. The molecule has 21 heavy (non-hydrogen) atoms. The van der Waals surface area contributed by atoms with Crippen LogP contribution in [0.1, 0.15) is 26.1 Å². The van der Waals surface area contributed by atoms with Crippen LogP contribution in [0.4, 0.5) is 4.79 Å². The average molecular weight is 294 g/mol. The fourth-order valence-electron chi connectivity index (χ4n) is 2.04. The van der Waals surface area contributed by atoms with E-state index < -0.39 is 11.6 Å². The second-order valence-corrected chi connectivity index (χ2v) is 5.44. The molecule has 1 aromatic heterocycles. The Kier molecular flexibility index (Phi) is 3.92. The third kappa shape index (κ3) is 3.18. The summed E-state index contributed by atoms with van der Waals surface area (Å²) in [6, 6.07) is -0.462. The fourth-order valence-corrected chi connectivity index (χ4v) is 2.04. The van der Waals surface area contributed by atoms with E-state index in [1.165, 1.54) is 11.2 Å². The highest BCUT2D eigenvalue weighted by molar-refractivity contribution is 6.06. The molecular weight excluding hydrogens is 276 g/mol. The van der Waals surface area contributed by atoms with Crippen molar-refractivity contribution in [2.75, 3.05) is 13.6 Å². The summed E-state index contributed by atoms with van der Waals surface area (Å²) in [5, 5.41) is 8.93. The van der Waals surface area contributed by atoms with Crippen molar-refractivity contribution < 1.29 is 14.4 Å². The first-order valence-corrected chi connectivity index (χ1v) is 6.53. The summed E-state index contributed by atoms with van der Waals surface area (Å²) in [6.45, 7) is 3.62. The van der Waals surface area contributed by atoms with E-state index in [-0.39, 0.29) is 24.8 Å². The largest absolute Gasteiger partial charge is 0.338 e. The van der Waals surface area contributed by atoms with Gasteiger partial charge in [-0.1, -0.05) is 0 Å². The van der Waals surface area contributed by atoms with E-state index in [2.05, 4.69) is 20.5 Å². The van der Waals surface area contributed by atoms with Gasteiger partial charge < -0.3 is 10.2 Å². The van der Waals surface area contributed by atoms with Gasteiger partial charge in [-0.3, -0.25) is 19.6 Å².